The zero-order chi connectivity index (χ0) is 8.91. The lowest BCUT2D eigenvalue weighted by Crippen LogP contribution is -2.34. The summed E-state index contributed by atoms with van der Waals surface area (Å²) in [4.78, 5) is 10.4. The van der Waals surface area contributed by atoms with Crippen LogP contribution < -0.4 is 5.32 Å². The Balaban J connectivity index is 3.22. The number of amides is 1. The Labute approximate surface area is 71.6 Å². The highest BCUT2D eigenvalue weighted by molar-refractivity contribution is 6.73. The molecule has 0 bridgehead atoms. The van der Waals surface area contributed by atoms with Crippen LogP contribution in [-0.2, 0) is 8.91 Å². The third kappa shape index (κ3) is 9.86. The van der Waals surface area contributed by atoms with Crippen LogP contribution in [0.3, 0.4) is 0 Å². The first-order valence-corrected chi connectivity index (χ1v) is 8.09. The van der Waals surface area contributed by atoms with Crippen molar-refractivity contribution in [3.8, 4) is 0 Å². The smallest absolute Gasteiger partial charge is 0.237 e. The SMILES string of the molecule is CC(=O)NC[Si]O[Si](C)(C)C. The topological polar surface area (TPSA) is 38.3 Å². The first-order valence-electron chi connectivity index (χ1n) is 3.57. The minimum absolute atomic E-state index is 0.0108. The van der Waals surface area contributed by atoms with Crippen molar-refractivity contribution in [1.82, 2.24) is 5.32 Å². The van der Waals surface area contributed by atoms with Crippen LogP contribution in [0.5, 0.6) is 0 Å². The average molecular weight is 189 g/mol. The van der Waals surface area contributed by atoms with Crippen LogP contribution in [0.25, 0.3) is 0 Å². The molecule has 0 heterocycles. The van der Waals surface area contributed by atoms with Gasteiger partial charge in [0.15, 0.2) is 8.32 Å². The Morgan fingerprint density at radius 2 is 2.09 bits per heavy atom. The monoisotopic (exact) mass is 189 g/mol. The Morgan fingerprint density at radius 1 is 1.55 bits per heavy atom. The van der Waals surface area contributed by atoms with Gasteiger partial charge < -0.3 is 9.43 Å². The molecule has 1 amide bonds. The first kappa shape index (κ1) is 10.9. The van der Waals surface area contributed by atoms with E-state index in [4.69, 9.17) is 4.12 Å². The van der Waals surface area contributed by atoms with E-state index in [0.717, 1.165) is 0 Å². The highest BCUT2D eigenvalue weighted by atomic mass is 28.4. The van der Waals surface area contributed by atoms with Crippen LogP contribution in [0.2, 0.25) is 19.6 Å². The van der Waals surface area contributed by atoms with Gasteiger partial charge >= 0.3 is 0 Å². The van der Waals surface area contributed by atoms with Gasteiger partial charge in [-0.2, -0.15) is 0 Å². The molecule has 0 saturated carbocycles. The minimum Gasteiger partial charge on any atom is -0.455 e. The molecule has 3 nitrogen and oxygen atoms in total. The molecule has 0 spiro atoms. The molecule has 0 saturated heterocycles. The highest BCUT2D eigenvalue weighted by Crippen LogP contribution is 1.99. The molecule has 0 aliphatic heterocycles. The van der Waals surface area contributed by atoms with Crippen LogP contribution in [0.4, 0.5) is 0 Å². The lowest BCUT2D eigenvalue weighted by atomic mass is 10.7. The van der Waals surface area contributed by atoms with E-state index in [1.807, 2.05) is 0 Å². The second-order valence-corrected chi connectivity index (χ2v) is 8.95. The number of hydrogen-bond donors (Lipinski definition) is 1. The molecule has 0 fully saturated rings. The summed E-state index contributed by atoms with van der Waals surface area (Å²) in [6.07, 6.45) is 0.652. The Morgan fingerprint density at radius 3 is 2.45 bits per heavy atom. The van der Waals surface area contributed by atoms with Gasteiger partial charge in [-0.05, 0) is 19.6 Å². The van der Waals surface area contributed by atoms with Gasteiger partial charge in [0.05, 0.1) is 0 Å². The normalized spacial score (nSPS) is 11.3. The molecule has 11 heavy (non-hydrogen) atoms. The van der Waals surface area contributed by atoms with Gasteiger partial charge in [-0.3, -0.25) is 4.79 Å². The van der Waals surface area contributed by atoms with Crippen molar-refractivity contribution in [1.29, 1.82) is 0 Å². The maximum Gasteiger partial charge on any atom is 0.237 e. The summed E-state index contributed by atoms with van der Waals surface area (Å²) in [5, 5.41) is 2.69. The van der Waals surface area contributed by atoms with E-state index in [-0.39, 0.29) is 5.91 Å². The summed E-state index contributed by atoms with van der Waals surface area (Å²) >= 11 is 0. The quantitative estimate of drug-likeness (QED) is 0.518. The van der Waals surface area contributed by atoms with Gasteiger partial charge in [-0.25, -0.2) is 0 Å². The molecule has 2 radical (unpaired) electrons. The van der Waals surface area contributed by atoms with E-state index in [2.05, 4.69) is 25.0 Å². The lowest BCUT2D eigenvalue weighted by molar-refractivity contribution is -0.118. The largest absolute Gasteiger partial charge is 0.455 e. The van der Waals surface area contributed by atoms with E-state index in [1.165, 1.54) is 6.92 Å². The molecule has 0 aromatic heterocycles. The van der Waals surface area contributed by atoms with Crippen LogP contribution in [0.1, 0.15) is 6.92 Å². The molecule has 0 aliphatic carbocycles. The predicted octanol–water partition coefficient (Wildman–Crippen LogP) is 0.551. The van der Waals surface area contributed by atoms with Crippen molar-refractivity contribution < 1.29 is 8.91 Å². The van der Waals surface area contributed by atoms with Gasteiger partial charge in [0, 0.05) is 13.1 Å². The van der Waals surface area contributed by atoms with Crippen LogP contribution in [0, 0.1) is 0 Å². The highest BCUT2D eigenvalue weighted by Gasteiger charge is 2.13. The Hall–Kier alpha value is -0.136. The summed E-state index contributed by atoms with van der Waals surface area (Å²) < 4.78 is 5.53. The molecule has 64 valence electrons. The Kier molecular flexibility index (Phi) is 4.63. The summed E-state index contributed by atoms with van der Waals surface area (Å²) in [6.45, 7) is 7.91. The molecular formula is C6H15NO2Si2. The van der Waals surface area contributed by atoms with E-state index >= 15 is 0 Å². The summed E-state index contributed by atoms with van der Waals surface area (Å²) in [7, 11) is -0.962. The molecule has 0 unspecified atom stereocenters. The molecule has 0 rings (SSSR count). The van der Waals surface area contributed by atoms with E-state index < -0.39 is 8.32 Å². The fourth-order valence-corrected chi connectivity index (χ4v) is 2.75. The molecule has 0 aliphatic rings. The van der Waals surface area contributed by atoms with Crippen LogP contribution in [0.15, 0.2) is 0 Å². The van der Waals surface area contributed by atoms with Crippen LogP contribution >= 0.6 is 0 Å². The van der Waals surface area contributed by atoms with Crippen LogP contribution in [-0.4, -0.2) is 30.2 Å². The summed E-state index contributed by atoms with van der Waals surface area (Å²) in [5.41, 5.74) is 0. The van der Waals surface area contributed by atoms with E-state index in [0.29, 0.717) is 15.9 Å². The maximum atomic E-state index is 10.4. The van der Waals surface area contributed by atoms with Gasteiger partial charge in [-0.15, -0.1) is 0 Å². The number of nitrogens with one attached hydrogen (secondary N) is 1. The second kappa shape index (κ2) is 4.68. The predicted molar refractivity (Wildman–Crippen MR) is 48.9 cm³/mol. The second-order valence-electron chi connectivity index (χ2n) is 3.27. The molecule has 0 aromatic carbocycles. The molecule has 0 atom stereocenters. The minimum atomic E-state index is -1.37. The summed E-state index contributed by atoms with van der Waals surface area (Å²) in [6, 6.07) is 0. The molecule has 0 aromatic rings. The third-order valence-electron chi connectivity index (χ3n) is 0.788. The average Bonchev–Trinajstić information content (AvgIpc) is 1.78. The van der Waals surface area contributed by atoms with Crippen molar-refractivity contribution in [2.45, 2.75) is 26.6 Å². The lowest BCUT2D eigenvalue weighted by Gasteiger charge is -2.16. The molecule has 1 N–H and O–H groups in total. The van der Waals surface area contributed by atoms with Gasteiger partial charge in [0.2, 0.25) is 15.7 Å². The number of rotatable bonds is 4. The summed E-state index contributed by atoms with van der Waals surface area (Å²) in [5.74, 6) is 0.0108. The Bertz CT molecular complexity index is 133. The van der Waals surface area contributed by atoms with Crippen molar-refractivity contribution in [3.05, 3.63) is 0 Å². The fraction of sp³-hybridized carbons (Fsp3) is 0.833. The van der Waals surface area contributed by atoms with Gasteiger partial charge in [-0.1, -0.05) is 0 Å². The maximum absolute atomic E-state index is 10.4. The van der Waals surface area contributed by atoms with Gasteiger partial charge in [0.25, 0.3) is 0 Å². The van der Waals surface area contributed by atoms with Crippen molar-refractivity contribution >= 4 is 24.0 Å². The number of carbonyl (C=O) groups excluding carboxylic acids is 1. The molecule has 5 heteroatoms. The standard InChI is InChI=1S/C6H15NO2Si2/c1-6(8)7-5-10-9-11(2,3)4/h5H2,1-4H3,(H,7,8). The van der Waals surface area contributed by atoms with Gasteiger partial charge in [0.1, 0.15) is 0 Å². The van der Waals surface area contributed by atoms with Crippen molar-refractivity contribution in [2.24, 2.45) is 0 Å². The fourth-order valence-electron chi connectivity index (χ4n) is 0.413. The van der Waals surface area contributed by atoms with Crippen molar-refractivity contribution in [3.63, 3.8) is 0 Å². The number of hydrogen-bond acceptors (Lipinski definition) is 2. The number of carbonyl (C=O) groups is 1. The zero-order valence-corrected chi connectivity index (χ0v) is 9.52. The molecular weight excluding hydrogens is 174 g/mol. The first-order chi connectivity index (χ1) is 4.92. The zero-order valence-electron chi connectivity index (χ0n) is 7.52. The third-order valence-corrected chi connectivity index (χ3v) is 4.14. The van der Waals surface area contributed by atoms with E-state index in [9.17, 15) is 4.79 Å². The van der Waals surface area contributed by atoms with E-state index in [1.54, 1.807) is 0 Å². The van der Waals surface area contributed by atoms with Crippen molar-refractivity contribution in [2.75, 3.05) is 6.17 Å².